The van der Waals surface area contributed by atoms with Crippen molar-refractivity contribution in [3.8, 4) is 11.3 Å². The largest absolute Gasteiger partial charge is 0.375 e. The SMILES string of the molecule is CCC(C)n1c(C(C)(C)C)ccc(-c2csc(N)n2)c1=O. The van der Waals surface area contributed by atoms with Gasteiger partial charge in [-0.3, -0.25) is 4.79 Å². The molecule has 2 heterocycles. The molecule has 2 aromatic rings. The minimum absolute atomic E-state index is 0.0158. The average Bonchev–Trinajstić information content (AvgIpc) is 2.82. The first kappa shape index (κ1) is 15.8. The van der Waals surface area contributed by atoms with E-state index >= 15 is 0 Å². The maximum atomic E-state index is 12.9. The highest BCUT2D eigenvalue weighted by molar-refractivity contribution is 7.13. The lowest BCUT2D eigenvalue weighted by molar-refractivity contribution is 0.439. The molecule has 0 bridgehead atoms. The van der Waals surface area contributed by atoms with Gasteiger partial charge in [-0.25, -0.2) is 4.98 Å². The van der Waals surface area contributed by atoms with E-state index in [-0.39, 0.29) is 17.0 Å². The molecule has 0 saturated heterocycles. The van der Waals surface area contributed by atoms with Gasteiger partial charge < -0.3 is 10.3 Å². The monoisotopic (exact) mass is 305 g/mol. The third-order valence-electron chi connectivity index (χ3n) is 3.71. The number of pyridine rings is 1. The molecule has 2 aromatic heterocycles. The summed E-state index contributed by atoms with van der Waals surface area (Å²) in [6.07, 6.45) is 0.908. The van der Waals surface area contributed by atoms with Crippen LogP contribution >= 0.6 is 11.3 Å². The fourth-order valence-corrected chi connectivity index (χ4v) is 2.95. The summed E-state index contributed by atoms with van der Waals surface area (Å²) in [7, 11) is 0. The molecule has 5 heteroatoms. The average molecular weight is 305 g/mol. The smallest absolute Gasteiger partial charge is 0.260 e. The second-order valence-corrected chi connectivity index (χ2v) is 7.28. The van der Waals surface area contributed by atoms with Crippen molar-refractivity contribution >= 4 is 16.5 Å². The van der Waals surface area contributed by atoms with Gasteiger partial charge in [0, 0.05) is 22.5 Å². The van der Waals surface area contributed by atoms with Crippen LogP contribution in [0.2, 0.25) is 0 Å². The summed E-state index contributed by atoms with van der Waals surface area (Å²) in [6.45, 7) is 10.6. The Hall–Kier alpha value is -1.62. The molecular weight excluding hydrogens is 282 g/mol. The van der Waals surface area contributed by atoms with E-state index in [1.807, 2.05) is 22.1 Å². The minimum atomic E-state index is -0.0811. The zero-order valence-corrected chi connectivity index (χ0v) is 14.1. The van der Waals surface area contributed by atoms with Crippen molar-refractivity contribution in [1.29, 1.82) is 0 Å². The maximum absolute atomic E-state index is 12.9. The number of rotatable bonds is 3. The van der Waals surface area contributed by atoms with Crippen molar-refractivity contribution in [3.05, 3.63) is 33.6 Å². The number of hydrogen-bond donors (Lipinski definition) is 1. The lowest BCUT2D eigenvalue weighted by Crippen LogP contribution is -2.32. The lowest BCUT2D eigenvalue weighted by atomic mass is 9.90. The van der Waals surface area contributed by atoms with E-state index in [2.05, 4.69) is 39.6 Å². The van der Waals surface area contributed by atoms with Crippen molar-refractivity contribution in [1.82, 2.24) is 9.55 Å². The molecule has 114 valence electrons. The van der Waals surface area contributed by atoms with Crippen LogP contribution in [0.4, 0.5) is 5.13 Å². The number of nitrogens with two attached hydrogens (primary N) is 1. The first-order valence-corrected chi connectivity index (χ1v) is 8.11. The van der Waals surface area contributed by atoms with Crippen LogP contribution in [0.25, 0.3) is 11.3 Å². The molecule has 0 aromatic carbocycles. The van der Waals surface area contributed by atoms with Crippen molar-refractivity contribution < 1.29 is 0 Å². The number of aromatic nitrogens is 2. The van der Waals surface area contributed by atoms with E-state index < -0.39 is 0 Å². The zero-order valence-electron chi connectivity index (χ0n) is 13.3. The van der Waals surface area contributed by atoms with Crippen LogP contribution < -0.4 is 11.3 Å². The number of nitrogens with zero attached hydrogens (tertiary/aromatic N) is 2. The van der Waals surface area contributed by atoms with Gasteiger partial charge in [-0.05, 0) is 25.5 Å². The number of anilines is 1. The predicted molar refractivity (Wildman–Crippen MR) is 89.9 cm³/mol. The Kier molecular flexibility index (Phi) is 4.23. The summed E-state index contributed by atoms with van der Waals surface area (Å²) in [5.41, 5.74) is 7.96. The highest BCUT2D eigenvalue weighted by Gasteiger charge is 2.23. The predicted octanol–water partition coefficient (Wildman–Crippen LogP) is 3.82. The van der Waals surface area contributed by atoms with Gasteiger partial charge in [-0.1, -0.05) is 27.7 Å². The first-order valence-electron chi connectivity index (χ1n) is 7.23. The Balaban J connectivity index is 2.71. The van der Waals surface area contributed by atoms with E-state index in [1.165, 1.54) is 11.3 Å². The van der Waals surface area contributed by atoms with E-state index in [0.29, 0.717) is 16.4 Å². The number of nitrogen functional groups attached to an aromatic ring is 1. The fourth-order valence-electron chi connectivity index (χ4n) is 2.39. The second kappa shape index (κ2) is 5.64. The molecular formula is C16H23N3OS. The molecule has 0 aliphatic rings. The minimum Gasteiger partial charge on any atom is -0.375 e. The molecule has 0 radical (unpaired) electrons. The highest BCUT2D eigenvalue weighted by atomic mass is 32.1. The zero-order chi connectivity index (χ0) is 15.8. The van der Waals surface area contributed by atoms with Crippen molar-refractivity contribution in [2.75, 3.05) is 5.73 Å². The van der Waals surface area contributed by atoms with Crippen molar-refractivity contribution in [2.45, 2.75) is 52.5 Å². The summed E-state index contributed by atoms with van der Waals surface area (Å²) >= 11 is 1.36. The summed E-state index contributed by atoms with van der Waals surface area (Å²) in [5.74, 6) is 0. The van der Waals surface area contributed by atoms with Crippen LogP contribution in [-0.2, 0) is 5.41 Å². The molecule has 2 N–H and O–H groups in total. The molecule has 0 amide bonds. The Morgan fingerprint density at radius 1 is 1.38 bits per heavy atom. The van der Waals surface area contributed by atoms with Crippen LogP contribution in [0.5, 0.6) is 0 Å². The second-order valence-electron chi connectivity index (χ2n) is 6.39. The van der Waals surface area contributed by atoms with Crippen molar-refractivity contribution in [3.63, 3.8) is 0 Å². The third-order valence-corrected chi connectivity index (χ3v) is 4.39. The van der Waals surface area contributed by atoms with Crippen LogP contribution in [-0.4, -0.2) is 9.55 Å². The summed E-state index contributed by atoms with van der Waals surface area (Å²) < 4.78 is 1.91. The molecule has 0 aliphatic heterocycles. The topological polar surface area (TPSA) is 60.9 Å². The molecule has 1 atom stereocenters. The van der Waals surface area contributed by atoms with Crippen molar-refractivity contribution in [2.24, 2.45) is 0 Å². The van der Waals surface area contributed by atoms with Gasteiger partial charge in [0.2, 0.25) is 0 Å². The van der Waals surface area contributed by atoms with E-state index in [1.54, 1.807) is 0 Å². The molecule has 1 unspecified atom stereocenters. The van der Waals surface area contributed by atoms with Crippen LogP contribution in [0.1, 0.15) is 52.8 Å². The summed E-state index contributed by atoms with van der Waals surface area (Å²) in [4.78, 5) is 17.2. The Labute approximate surface area is 129 Å². The van der Waals surface area contributed by atoms with E-state index in [4.69, 9.17) is 5.73 Å². The number of thiazole rings is 1. The van der Waals surface area contributed by atoms with Gasteiger partial charge >= 0.3 is 0 Å². The first-order chi connectivity index (χ1) is 9.75. The van der Waals surface area contributed by atoms with Crippen LogP contribution in [0.3, 0.4) is 0 Å². The van der Waals surface area contributed by atoms with E-state index in [9.17, 15) is 4.79 Å². The molecule has 4 nitrogen and oxygen atoms in total. The van der Waals surface area contributed by atoms with E-state index in [0.717, 1.165) is 12.1 Å². The van der Waals surface area contributed by atoms with Gasteiger partial charge in [-0.15, -0.1) is 11.3 Å². The molecule has 0 aliphatic carbocycles. The summed E-state index contributed by atoms with van der Waals surface area (Å²) in [5, 5.41) is 2.32. The number of hydrogen-bond acceptors (Lipinski definition) is 4. The van der Waals surface area contributed by atoms with Crippen LogP contribution in [0, 0.1) is 0 Å². The van der Waals surface area contributed by atoms with Gasteiger partial charge in [0.05, 0.1) is 11.3 Å². The Bertz CT molecular complexity index is 694. The van der Waals surface area contributed by atoms with Gasteiger partial charge in [0.25, 0.3) is 5.56 Å². The maximum Gasteiger partial charge on any atom is 0.260 e. The standard InChI is InChI=1S/C16H23N3OS/c1-6-10(2)19-13(16(3,4)5)8-7-11(14(19)20)12-9-21-15(17)18-12/h7-10H,6H2,1-5H3,(H2,17,18). The van der Waals surface area contributed by atoms with Gasteiger partial charge in [0.15, 0.2) is 5.13 Å². The highest BCUT2D eigenvalue weighted by Crippen LogP contribution is 2.27. The molecule has 21 heavy (non-hydrogen) atoms. The summed E-state index contributed by atoms with van der Waals surface area (Å²) in [6, 6.07) is 4.07. The Morgan fingerprint density at radius 3 is 2.52 bits per heavy atom. The van der Waals surface area contributed by atoms with Gasteiger partial charge in [0.1, 0.15) is 0 Å². The van der Waals surface area contributed by atoms with Crippen LogP contribution in [0.15, 0.2) is 22.3 Å². The normalized spacial score (nSPS) is 13.4. The molecule has 0 spiro atoms. The molecule has 0 saturated carbocycles. The molecule has 2 rings (SSSR count). The molecule has 0 fully saturated rings. The van der Waals surface area contributed by atoms with Gasteiger partial charge in [-0.2, -0.15) is 0 Å². The Morgan fingerprint density at radius 2 is 2.05 bits per heavy atom. The third kappa shape index (κ3) is 3.02. The lowest BCUT2D eigenvalue weighted by Gasteiger charge is -2.27. The quantitative estimate of drug-likeness (QED) is 0.937. The fraction of sp³-hybridized carbons (Fsp3) is 0.500.